The molecule has 0 saturated heterocycles. The van der Waals surface area contributed by atoms with Crippen molar-refractivity contribution in [2.75, 3.05) is 14.2 Å². The third-order valence-electron chi connectivity index (χ3n) is 3.21. The van der Waals surface area contributed by atoms with Crippen LogP contribution in [0.3, 0.4) is 0 Å². The van der Waals surface area contributed by atoms with Crippen LogP contribution < -0.4 is 9.47 Å². The van der Waals surface area contributed by atoms with Crippen LogP contribution in [0.2, 0.25) is 0 Å². The average Bonchev–Trinajstić information content (AvgIpc) is 2.53. The zero-order valence-electron chi connectivity index (χ0n) is 11.5. The first kappa shape index (κ1) is 14.4. The highest BCUT2D eigenvalue weighted by Gasteiger charge is 2.25. The molecule has 0 aliphatic carbocycles. The molecule has 4 nitrogen and oxygen atoms in total. The lowest BCUT2D eigenvalue weighted by molar-refractivity contribution is 0.0145. The van der Waals surface area contributed by atoms with Crippen LogP contribution in [0.1, 0.15) is 23.3 Å². The van der Waals surface area contributed by atoms with E-state index in [1.165, 1.54) is 14.2 Å². The molecule has 0 fully saturated rings. The Hall–Kier alpha value is -2.04. The second kappa shape index (κ2) is 6.41. The number of ether oxygens (including phenoxy) is 2. The van der Waals surface area contributed by atoms with Crippen LogP contribution in [0.4, 0.5) is 0 Å². The summed E-state index contributed by atoms with van der Waals surface area (Å²) in [6.07, 6.45) is -2.19. The highest BCUT2D eigenvalue weighted by atomic mass is 16.5. The van der Waals surface area contributed by atoms with Crippen LogP contribution >= 0.6 is 0 Å². The van der Waals surface area contributed by atoms with Gasteiger partial charge in [-0.05, 0) is 12.1 Å². The van der Waals surface area contributed by atoms with Gasteiger partial charge in [-0.15, -0.1) is 0 Å². The van der Waals surface area contributed by atoms with E-state index in [4.69, 9.17) is 9.47 Å². The predicted octanol–water partition coefficient (Wildman–Crippen LogP) is 2.47. The Morgan fingerprint density at radius 1 is 0.700 bits per heavy atom. The summed E-state index contributed by atoms with van der Waals surface area (Å²) < 4.78 is 10.4. The quantitative estimate of drug-likeness (QED) is 0.879. The summed E-state index contributed by atoms with van der Waals surface area (Å²) >= 11 is 0. The maximum atomic E-state index is 10.4. The Bertz CT molecular complexity index is 516. The molecule has 2 aromatic carbocycles. The van der Waals surface area contributed by atoms with E-state index in [0.717, 1.165) is 0 Å². The van der Waals surface area contributed by atoms with E-state index in [1.807, 2.05) is 12.1 Å². The molecular weight excluding hydrogens is 256 g/mol. The van der Waals surface area contributed by atoms with Gasteiger partial charge >= 0.3 is 0 Å². The van der Waals surface area contributed by atoms with Crippen LogP contribution in [0, 0.1) is 0 Å². The number of benzene rings is 2. The van der Waals surface area contributed by atoms with Crippen molar-refractivity contribution in [3.63, 3.8) is 0 Å². The van der Waals surface area contributed by atoms with Gasteiger partial charge in [0.15, 0.2) is 0 Å². The van der Waals surface area contributed by atoms with Crippen LogP contribution in [-0.2, 0) is 0 Å². The second-order valence-corrected chi connectivity index (χ2v) is 4.37. The zero-order valence-corrected chi connectivity index (χ0v) is 11.5. The van der Waals surface area contributed by atoms with Crippen molar-refractivity contribution in [3.05, 3.63) is 59.7 Å². The minimum Gasteiger partial charge on any atom is -0.496 e. The molecular formula is C16H18O4. The van der Waals surface area contributed by atoms with E-state index in [0.29, 0.717) is 22.6 Å². The van der Waals surface area contributed by atoms with Crippen molar-refractivity contribution in [1.29, 1.82) is 0 Å². The maximum absolute atomic E-state index is 10.4. The van der Waals surface area contributed by atoms with Crippen molar-refractivity contribution in [2.45, 2.75) is 12.2 Å². The molecule has 0 amide bonds. The summed E-state index contributed by atoms with van der Waals surface area (Å²) in [4.78, 5) is 0. The third kappa shape index (κ3) is 2.76. The molecule has 2 aromatic rings. The minimum atomic E-state index is -1.09. The smallest absolute Gasteiger partial charge is 0.124 e. The largest absolute Gasteiger partial charge is 0.496 e. The average molecular weight is 274 g/mol. The van der Waals surface area contributed by atoms with Gasteiger partial charge in [0.25, 0.3) is 0 Å². The number of hydrogen-bond donors (Lipinski definition) is 2. The first-order valence-corrected chi connectivity index (χ1v) is 6.31. The number of aliphatic hydroxyl groups is 2. The van der Waals surface area contributed by atoms with Gasteiger partial charge in [-0.3, -0.25) is 0 Å². The predicted molar refractivity (Wildman–Crippen MR) is 75.9 cm³/mol. The molecule has 0 aromatic heterocycles. The molecule has 4 heteroatoms. The monoisotopic (exact) mass is 274 g/mol. The summed E-state index contributed by atoms with van der Waals surface area (Å²) in [5.74, 6) is 1.07. The first-order valence-electron chi connectivity index (χ1n) is 6.31. The van der Waals surface area contributed by atoms with Crippen LogP contribution in [-0.4, -0.2) is 24.4 Å². The zero-order chi connectivity index (χ0) is 14.5. The molecule has 0 bridgehead atoms. The Balaban J connectivity index is 2.35. The first-order chi connectivity index (χ1) is 9.69. The van der Waals surface area contributed by atoms with Crippen molar-refractivity contribution >= 4 is 0 Å². The van der Waals surface area contributed by atoms with Gasteiger partial charge in [-0.25, -0.2) is 0 Å². The van der Waals surface area contributed by atoms with E-state index < -0.39 is 12.2 Å². The van der Waals surface area contributed by atoms with Crippen LogP contribution in [0.5, 0.6) is 11.5 Å². The van der Waals surface area contributed by atoms with E-state index in [-0.39, 0.29) is 0 Å². The van der Waals surface area contributed by atoms with Crippen molar-refractivity contribution in [3.8, 4) is 11.5 Å². The Labute approximate surface area is 118 Å². The molecule has 0 spiro atoms. The van der Waals surface area contributed by atoms with Gasteiger partial charge in [0.2, 0.25) is 0 Å². The summed E-state index contributed by atoms with van der Waals surface area (Å²) in [6.45, 7) is 0. The summed E-state index contributed by atoms with van der Waals surface area (Å²) in [5, 5.41) is 20.8. The van der Waals surface area contributed by atoms with Crippen molar-refractivity contribution in [2.24, 2.45) is 0 Å². The minimum absolute atomic E-state index is 0.536. The number of para-hydroxylation sites is 2. The molecule has 0 radical (unpaired) electrons. The van der Waals surface area contributed by atoms with E-state index in [9.17, 15) is 10.2 Å². The molecule has 0 unspecified atom stereocenters. The van der Waals surface area contributed by atoms with Gasteiger partial charge < -0.3 is 19.7 Å². The SMILES string of the molecule is COc1ccccc1[C@@H](O)[C@H](O)c1ccccc1OC. The lowest BCUT2D eigenvalue weighted by Gasteiger charge is -2.22. The highest BCUT2D eigenvalue weighted by Crippen LogP contribution is 2.37. The Kier molecular flexibility index (Phi) is 4.61. The molecule has 2 rings (SSSR count). The van der Waals surface area contributed by atoms with Crippen molar-refractivity contribution < 1.29 is 19.7 Å². The molecule has 0 saturated carbocycles. The molecule has 0 heterocycles. The molecule has 106 valence electrons. The summed E-state index contributed by atoms with van der Waals surface area (Å²) in [7, 11) is 3.06. The van der Waals surface area contributed by atoms with Crippen LogP contribution in [0.25, 0.3) is 0 Å². The Morgan fingerprint density at radius 3 is 1.40 bits per heavy atom. The van der Waals surface area contributed by atoms with Gasteiger partial charge in [-0.1, -0.05) is 36.4 Å². The lowest BCUT2D eigenvalue weighted by Crippen LogP contribution is -2.12. The normalized spacial score (nSPS) is 13.6. The maximum Gasteiger partial charge on any atom is 0.124 e. The van der Waals surface area contributed by atoms with Gasteiger partial charge in [0.05, 0.1) is 14.2 Å². The second-order valence-electron chi connectivity index (χ2n) is 4.37. The number of rotatable bonds is 5. The molecule has 20 heavy (non-hydrogen) atoms. The fourth-order valence-electron chi connectivity index (χ4n) is 2.16. The van der Waals surface area contributed by atoms with Gasteiger partial charge in [0, 0.05) is 11.1 Å². The molecule has 0 aliphatic heterocycles. The fraction of sp³-hybridized carbons (Fsp3) is 0.250. The van der Waals surface area contributed by atoms with Gasteiger partial charge in [-0.2, -0.15) is 0 Å². The standard InChI is InChI=1S/C16H18O4/c1-19-13-9-5-3-7-11(13)15(17)16(18)12-8-4-6-10-14(12)20-2/h3-10,15-18H,1-2H3/t15-,16-/m1/s1. The number of aliphatic hydroxyl groups excluding tert-OH is 2. The lowest BCUT2D eigenvalue weighted by atomic mass is 9.97. The molecule has 2 N–H and O–H groups in total. The van der Waals surface area contributed by atoms with Gasteiger partial charge in [0.1, 0.15) is 23.7 Å². The topological polar surface area (TPSA) is 58.9 Å². The number of methoxy groups -OCH3 is 2. The fourth-order valence-corrected chi connectivity index (χ4v) is 2.16. The molecule has 2 atom stereocenters. The van der Waals surface area contributed by atoms with E-state index >= 15 is 0 Å². The summed E-state index contributed by atoms with van der Waals surface area (Å²) in [5.41, 5.74) is 1.07. The Morgan fingerprint density at radius 2 is 1.05 bits per heavy atom. The van der Waals surface area contributed by atoms with E-state index in [2.05, 4.69) is 0 Å². The van der Waals surface area contributed by atoms with Crippen LogP contribution in [0.15, 0.2) is 48.5 Å². The number of hydrogen-bond acceptors (Lipinski definition) is 4. The summed E-state index contributed by atoms with van der Waals surface area (Å²) in [6, 6.07) is 14.1. The van der Waals surface area contributed by atoms with Crippen molar-refractivity contribution in [1.82, 2.24) is 0 Å². The van der Waals surface area contributed by atoms with E-state index in [1.54, 1.807) is 36.4 Å². The highest BCUT2D eigenvalue weighted by molar-refractivity contribution is 5.40. The third-order valence-corrected chi connectivity index (χ3v) is 3.21. The molecule has 0 aliphatic rings.